The Morgan fingerprint density at radius 1 is 1.20 bits per heavy atom. The van der Waals surface area contributed by atoms with Gasteiger partial charge in [0.25, 0.3) is 0 Å². The molecule has 0 aromatic heterocycles. The molecule has 0 unspecified atom stereocenters. The summed E-state index contributed by atoms with van der Waals surface area (Å²) in [5, 5.41) is 5.44. The van der Waals surface area contributed by atoms with Crippen molar-refractivity contribution in [2.24, 2.45) is 5.92 Å². The lowest BCUT2D eigenvalue weighted by molar-refractivity contribution is -0.125. The molecule has 3 amide bonds. The quantitative estimate of drug-likeness (QED) is 0.665. The molecule has 2 atom stereocenters. The molecule has 164 valence electrons. The molecular weight excluding hydrogens is 386 g/mol. The number of amides is 3. The molecule has 0 radical (unpaired) electrons. The van der Waals surface area contributed by atoms with Gasteiger partial charge in [0.1, 0.15) is 18.2 Å². The molecule has 30 heavy (non-hydrogen) atoms. The Hall–Kier alpha value is -3.03. The van der Waals surface area contributed by atoms with Crippen LogP contribution in [0.5, 0.6) is 0 Å². The summed E-state index contributed by atoms with van der Waals surface area (Å²) in [7, 11) is 0. The second kappa shape index (κ2) is 10.7. The van der Waals surface area contributed by atoms with Crippen molar-refractivity contribution in [1.82, 2.24) is 15.5 Å². The van der Waals surface area contributed by atoms with Gasteiger partial charge in [-0.2, -0.15) is 0 Å². The fourth-order valence-electron chi connectivity index (χ4n) is 3.13. The molecule has 1 fully saturated rings. The van der Waals surface area contributed by atoms with E-state index in [1.807, 2.05) is 30.3 Å². The highest BCUT2D eigenvalue weighted by atomic mass is 16.6. The van der Waals surface area contributed by atoms with E-state index in [1.165, 1.54) is 4.90 Å². The molecule has 2 N–H and O–H groups in total. The van der Waals surface area contributed by atoms with Crippen molar-refractivity contribution < 1.29 is 23.9 Å². The summed E-state index contributed by atoms with van der Waals surface area (Å²) in [6.07, 6.45) is 0.908. The average molecular weight is 418 g/mol. The summed E-state index contributed by atoms with van der Waals surface area (Å²) in [4.78, 5) is 38.5. The zero-order valence-electron chi connectivity index (χ0n) is 17.8. The van der Waals surface area contributed by atoms with Gasteiger partial charge in [0, 0.05) is 19.6 Å². The average Bonchev–Trinajstić information content (AvgIpc) is 3.13. The Morgan fingerprint density at radius 2 is 1.90 bits per heavy atom. The van der Waals surface area contributed by atoms with Crippen molar-refractivity contribution in [3.05, 3.63) is 48.6 Å². The molecule has 2 rings (SSSR count). The summed E-state index contributed by atoms with van der Waals surface area (Å²) < 4.78 is 10.7. The van der Waals surface area contributed by atoms with E-state index in [2.05, 4.69) is 17.2 Å². The first kappa shape index (κ1) is 23.3. The number of hydrogen-bond donors (Lipinski definition) is 2. The minimum atomic E-state index is -0.670. The van der Waals surface area contributed by atoms with E-state index in [4.69, 9.17) is 9.47 Å². The SMILES string of the molecule is C=CCNC(=O)[C@@H]1C[C@@H](CNC(=O)OCc2ccccc2)CN1C(=O)OC(C)(C)C. The van der Waals surface area contributed by atoms with E-state index < -0.39 is 23.8 Å². The highest BCUT2D eigenvalue weighted by Crippen LogP contribution is 2.25. The minimum Gasteiger partial charge on any atom is -0.445 e. The number of hydrogen-bond acceptors (Lipinski definition) is 5. The van der Waals surface area contributed by atoms with Gasteiger partial charge in [-0.25, -0.2) is 9.59 Å². The van der Waals surface area contributed by atoms with Crippen LogP contribution in [0.2, 0.25) is 0 Å². The third kappa shape index (κ3) is 7.42. The fourth-order valence-corrected chi connectivity index (χ4v) is 3.13. The standard InChI is InChI=1S/C22H31N3O5/c1-5-11-23-19(26)18-12-17(14-25(18)21(28)30-22(2,3)4)13-24-20(27)29-15-16-9-7-6-8-10-16/h5-10,17-18H,1,11-15H2,2-4H3,(H,23,26)(H,24,27)/t17-,18-/m0/s1. The second-order valence-corrected chi connectivity index (χ2v) is 8.23. The minimum absolute atomic E-state index is 0.0960. The van der Waals surface area contributed by atoms with Crippen LogP contribution in [0.15, 0.2) is 43.0 Å². The number of rotatable bonds is 7. The van der Waals surface area contributed by atoms with Crippen LogP contribution in [0.25, 0.3) is 0 Å². The first-order chi connectivity index (χ1) is 14.2. The molecule has 1 aromatic carbocycles. The van der Waals surface area contributed by atoms with Crippen LogP contribution < -0.4 is 10.6 Å². The molecule has 8 heteroatoms. The zero-order valence-corrected chi connectivity index (χ0v) is 17.8. The number of carbonyl (C=O) groups excluding carboxylic acids is 3. The number of likely N-dealkylation sites (tertiary alicyclic amines) is 1. The summed E-state index contributed by atoms with van der Waals surface area (Å²) in [6, 6.07) is 8.72. The first-order valence-corrected chi connectivity index (χ1v) is 10.0. The van der Waals surface area contributed by atoms with Gasteiger partial charge in [0.05, 0.1) is 0 Å². The van der Waals surface area contributed by atoms with Gasteiger partial charge in [-0.05, 0) is 38.7 Å². The summed E-state index contributed by atoms with van der Waals surface area (Å²) >= 11 is 0. The lowest BCUT2D eigenvalue weighted by atomic mass is 10.1. The molecule has 0 aliphatic carbocycles. The van der Waals surface area contributed by atoms with Gasteiger partial charge in [0.2, 0.25) is 5.91 Å². The molecule has 1 aliphatic rings. The number of nitrogens with zero attached hydrogens (tertiary/aromatic N) is 1. The van der Waals surface area contributed by atoms with E-state index in [-0.39, 0.29) is 25.0 Å². The lowest BCUT2D eigenvalue weighted by Crippen LogP contribution is -2.47. The van der Waals surface area contributed by atoms with Crippen molar-refractivity contribution >= 4 is 18.1 Å². The largest absolute Gasteiger partial charge is 0.445 e. The zero-order chi connectivity index (χ0) is 22.1. The van der Waals surface area contributed by atoms with E-state index in [9.17, 15) is 14.4 Å². The maximum Gasteiger partial charge on any atom is 0.410 e. The Labute approximate surface area is 177 Å². The smallest absolute Gasteiger partial charge is 0.410 e. The van der Waals surface area contributed by atoms with Crippen molar-refractivity contribution in [3.8, 4) is 0 Å². The monoisotopic (exact) mass is 417 g/mol. The molecule has 1 heterocycles. The van der Waals surface area contributed by atoms with E-state index >= 15 is 0 Å². The van der Waals surface area contributed by atoms with Gasteiger partial charge >= 0.3 is 12.2 Å². The summed E-state index contributed by atoms with van der Waals surface area (Å²) in [6.45, 7) is 9.99. The number of benzene rings is 1. The molecule has 1 saturated heterocycles. The fraction of sp³-hybridized carbons (Fsp3) is 0.500. The summed E-state index contributed by atoms with van der Waals surface area (Å²) in [5.74, 6) is -0.365. The highest BCUT2D eigenvalue weighted by molar-refractivity contribution is 5.86. The van der Waals surface area contributed by atoms with Crippen molar-refractivity contribution in [3.63, 3.8) is 0 Å². The third-order valence-electron chi connectivity index (χ3n) is 4.49. The Kier molecular flexibility index (Phi) is 8.26. The van der Waals surface area contributed by atoms with E-state index in [1.54, 1.807) is 26.8 Å². The predicted octanol–water partition coefficient (Wildman–Crippen LogP) is 2.84. The van der Waals surface area contributed by atoms with Gasteiger partial charge in [-0.3, -0.25) is 9.69 Å². The topological polar surface area (TPSA) is 97.0 Å². The number of carbonyl (C=O) groups is 3. The molecular formula is C22H31N3O5. The Bertz CT molecular complexity index is 745. The second-order valence-electron chi connectivity index (χ2n) is 8.23. The van der Waals surface area contributed by atoms with Crippen LogP contribution in [0.1, 0.15) is 32.8 Å². The van der Waals surface area contributed by atoms with E-state index in [0.29, 0.717) is 19.5 Å². The predicted molar refractivity (Wildman–Crippen MR) is 113 cm³/mol. The van der Waals surface area contributed by atoms with Gasteiger partial charge in [-0.1, -0.05) is 36.4 Å². The van der Waals surface area contributed by atoms with Gasteiger partial charge < -0.3 is 20.1 Å². The summed E-state index contributed by atoms with van der Waals surface area (Å²) in [5.41, 5.74) is 0.222. The number of nitrogens with one attached hydrogen (secondary N) is 2. The molecule has 1 aromatic rings. The van der Waals surface area contributed by atoms with E-state index in [0.717, 1.165) is 5.56 Å². The Balaban J connectivity index is 1.91. The lowest BCUT2D eigenvalue weighted by Gasteiger charge is -2.28. The molecule has 0 saturated carbocycles. The van der Waals surface area contributed by atoms with Crippen LogP contribution in [0.4, 0.5) is 9.59 Å². The van der Waals surface area contributed by atoms with Gasteiger partial charge in [0.15, 0.2) is 0 Å². The van der Waals surface area contributed by atoms with Gasteiger partial charge in [-0.15, -0.1) is 6.58 Å². The van der Waals surface area contributed by atoms with Crippen molar-refractivity contribution in [2.45, 2.75) is 45.4 Å². The third-order valence-corrected chi connectivity index (χ3v) is 4.49. The van der Waals surface area contributed by atoms with Crippen LogP contribution in [0.3, 0.4) is 0 Å². The number of ether oxygens (including phenoxy) is 2. The first-order valence-electron chi connectivity index (χ1n) is 10.0. The maximum atomic E-state index is 12.6. The highest BCUT2D eigenvalue weighted by Gasteiger charge is 2.41. The number of alkyl carbamates (subject to hydrolysis) is 1. The molecule has 1 aliphatic heterocycles. The maximum absolute atomic E-state index is 12.6. The van der Waals surface area contributed by atoms with Crippen molar-refractivity contribution in [1.29, 1.82) is 0 Å². The Morgan fingerprint density at radius 3 is 2.53 bits per heavy atom. The molecule has 8 nitrogen and oxygen atoms in total. The molecule has 0 bridgehead atoms. The van der Waals surface area contributed by atoms with Crippen LogP contribution in [-0.4, -0.2) is 54.3 Å². The van der Waals surface area contributed by atoms with Crippen LogP contribution in [-0.2, 0) is 20.9 Å². The van der Waals surface area contributed by atoms with Crippen LogP contribution >= 0.6 is 0 Å². The van der Waals surface area contributed by atoms with Crippen molar-refractivity contribution in [2.75, 3.05) is 19.6 Å². The van der Waals surface area contributed by atoms with Crippen LogP contribution in [0, 0.1) is 5.92 Å². The normalized spacial score (nSPS) is 18.4. The molecule has 0 spiro atoms.